The molecule has 0 amide bonds. The highest BCUT2D eigenvalue weighted by Gasteiger charge is 2.38. The van der Waals surface area contributed by atoms with E-state index in [-0.39, 0.29) is 11.1 Å². The molecule has 0 spiro atoms. The third-order valence-electron chi connectivity index (χ3n) is 4.28. The molecule has 0 fully saturated rings. The fourth-order valence-electron chi connectivity index (χ4n) is 1.73. The molecular weight excluding hydrogens is 268 g/mol. The molecule has 0 unspecified atom stereocenters. The molecule has 120 valence electrons. The molecule has 2 N–H and O–H groups in total. The van der Waals surface area contributed by atoms with Crippen LogP contribution in [0.4, 0.5) is 0 Å². The van der Waals surface area contributed by atoms with Crippen LogP contribution in [0.15, 0.2) is 11.6 Å². The maximum absolute atomic E-state index is 10.1. The molecule has 0 radical (unpaired) electrons. The Morgan fingerprint density at radius 1 is 1.25 bits per heavy atom. The first-order valence-corrected chi connectivity index (χ1v) is 10.5. The summed E-state index contributed by atoms with van der Waals surface area (Å²) in [5.74, 6) is 0. The Bertz CT molecular complexity index is 318. The fourth-order valence-corrected chi connectivity index (χ4v) is 3.18. The Labute approximate surface area is 126 Å². The van der Waals surface area contributed by atoms with Crippen LogP contribution >= 0.6 is 0 Å². The Hall–Kier alpha value is -0.163. The number of hydrogen-bond donors (Lipinski definition) is 2. The molecule has 0 aromatic carbocycles. The molecule has 0 saturated heterocycles. The molecule has 4 heteroatoms. The summed E-state index contributed by atoms with van der Waals surface area (Å²) in [5, 5.41) is 20.2. The van der Waals surface area contributed by atoms with Gasteiger partial charge in [-0.15, -0.1) is 0 Å². The lowest BCUT2D eigenvalue weighted by Gasteiger charge is -2.39. The third kappa shape index (κ3) is 6.53. The van der Waals surface area contributed by atoms with Gasteiger partial charge in [-0.25, -0.2) is 0 Å². The molecule has 0 rings (SSSR count). The van der Waals surface area contributed by atoms with Gasteiger partial charge in [0.15, 0.2) is 8.32 Å². The van der Waals surface area contributed by atoms with Gasteiger partial charge in [-0.1, -0.05) is 39.3 Å². The van der Waals surface area contributed by atoms with Gasteiger partial charge in [-0.05, 0) is 38.4 Å². The molecule has 0 aliphatic heterocycles. The molecule has 0 saturated carbocycles. The van der Waals surface area contributed by atoms with Crippen molar-refractivity contribution in [2.75, 3.05) is 0 Å². The van der Waals surface area contributed by atoms with Crippen molar-refractivity contribution in [1.82, 2.24) is 0 Å². The first kappa shape index (κ1) is 19.8. The summed E-state index contributed by atoms with van der Waals surface area (Å²) in [7, 11) is -1.82. The van der Waals surface area contributed by atoms with Crippen molar-refractivity contribution in [3.63, 3.8) is 0 Å². The van der Waals surface area contributed by atoms with E-state index in [1.54, 1.807) is 6.08 Å². The van der Waals surface area contributed by atoms with Crippen LogP contribution in [0, 0.1) is 0 Å². The number of allylic oxidation sites excluding steroid dienone is 1. The van der Waals surface area contributed by atoms with Crippen LogP contribution in [0.2, 0.25) is 18.1 Å². The second-order valence-corrected chi connectivity index (χ2v) is 12.1. The van der Waals surface area contributed by atoms with Gasteiger partial charge in [0.05, 0.1) is 12.2 Å². The summed E-state index contributed by atoms with van der Waals surface area (Å²) in [6, 6.07) is 0. The van der Waals surface area contributed by atoms with Gasteiger partial charge in [-0.3, -0.25) is 0 Å². The van der Waals surface area contributed by atoms with E-state index >= 15 is 0 Å². The highest BCUT2D eigenvalue weighted by atomic mass is 28.4. The second-order valence-electron chi connectivity index (χ2n) is 7.35. The maximum Gasteiger partial charge on any atom is 0.192 e. The van der Waals surface area contributed by atoms with Gasteiger partial charge in [0, 0.05) is 12.5 Å². The Kier molecular flexibility index (Phi) is 7.67. The number of aliphatic hydroxyl groups is 2. The Morgan fingerprint density at radius 2 is 1.75 bits per heavy atom. The zero-order valence-corrected chi connectivity index (χ0v) is 15.5. The minimum Gasteiger partial charge on any atom is -0.414 e. The molecule has 0 aromatic heterocycles. The van der Waals surface area contributed by atoms with Crippen LogP contribution in [0.1, 0.15) is 54.4 Å². The summed E-state index contributed by atoms with van der Waals surface area (Å²) in [5.41, 5.74) is 1.09. The fraction of sp³-hybridized carbons (Fsp3) is 0.875. The van der Waals surface area contributed by atoms with E-state index in [2.05, 4.69) is 33.9 Å². The van der Waals surface area contributed by atoms with Crippen LogP contribution in [-0.2, 0) is 4.43 Å². The van der Waals surface area contributed by atoms with E-state index < -0.39 is 20.5 Å². The van der Waals surface area contributed by atoms with E-state index in [1.165, 1.54) is 0 Å². The predicted molar refractivity (Wildman–Crippen MR) is 88.4 cm³/mol. The largest absolute Gasteiger partial charge is 0.414 e. The molecule has 3 nitrogen and oxygen atoms in total. The van der Waals surface area contributed by atoms with Crippen molar-refractivity contribution in [2.24, 2.45) is 0 Å². The highest BCUT2D eigenvalue weighted by molar-refractivity contribution is 6.74. The molecule has 3 atom stereocenters. The SMILES string of the molecule is CC/C(C)=C/[C@H](O)[C@@H](O)C[C@H](C)O[Si](C)(C)C(C)(C)C. The lowest BCUT2D eigenvalue weighted by molar-refractivity contribution is 0.0164. The third-order valence-corrected chi connectivity index (χ3v) is 8.89. The quantitative estimate of drug-likeness (QED) is 0.554. The van der Waals surface area contributed by atoms with Gasteiger partial charge in [0.1, 0.15) is 0 Å². The van der Waals surface area contributed by atoms with Gasteiger partial charge >= 0.3 is 0 Å². The average Bonchev–Trinajstić information content (AvgIpc) is 2.25. The summed E-state index contributed by atoms with van der Waals surface area (Å²) in [4.78, 5) is 0. The first-order chi connectivity index (χ1) is 8.90. The van der Waals surface area contributed by atoms with E-state index in [0.29, 0.717) is 6.42 Å². The number of rotatable bonds is 7. The second kappa shape index (κ2) is 7.73. The van der Waals surface area contributed by atoms with E-state index in [4.69, 9.17) is 4.43 Å². The van der Waals surface area contributed by atoms with Crippen LogP contribution in [0.5, 0.6) is 0 Å². The van der Waals surface area contributed by atoms with Gasteiger partial charge < -0.3 is 14.6 Å². The van der Waals surface area contributed by atoms with Crippen molar-refractivity contribution < 1.29 is 14.6 Å². The lowest BCUT2D eigenvalue weighted by Crippen LogP contribution is -2.44. The average molecular weight is 303 g/mol. The van der Waals surface area contributed by atoms with Crippen molar-refractivity contribution >= 4 is 8.32 Å². The van der Waals surface area contributed by atoms with Crippen LogP contribution < -0.4 is 0 Å². The summed E-state index contributed by atoms with van der Waals surface area (Å²) in [6.45, 7) is 17.0. The van der Waals surface area contributed by atoms with Gasteiger partial charge in [-0.2, -0.15) is 0 Å². The van der Waals surface area contributed by atoms with Crippen molar-refractivity contribution in [2.45, 2.75) is 90.8 Å². The van der Waals surface area contributed by atoms with Crippen molar-refractivity contribution in [3.05, 3.63) is 11.6 Å². The number of aliphatic hydroxyl groups excluding tert-OH is 2. The summed E-state index contributed by atoms with van der Waals surface area (Å²) in [6.07, 6.45) is 1.47. The highest BCUT2D eigenvalue weighted by Crippen LogP contribution is 2.37. The minimum absolute atomic E-state index is 0.0455. The smallest absolute Gasteiger partial charge is 0.192 e. The number of hydrogen-bond acceptors (Lipinski definition) is 3. The zero-order valence-electron chi connectivity index (χ0n) is 14.5. The monoisotopic (exact) mass is 302 g/mol. The summed E-state index contributed by atoms with van der Waals surface area (Å²) >= 11 is 0. The molecule has 0 aromatic rings. The molecular formula is C16H34O3Si. The standard InChI is InChI=1S/C16H34O3Si/c1-9-12(2)10-14(17)15(18)11-13(3)19-20(7,8)16(4,5)6/h10,13-15,17-18H,9,11H2,1-8H3/b12-10+/t13-,14-,15-/m0/s1. The van der Waals surface area contributed by atoms with Crippen molar-refractivity contribution in [1.29, 1.82) is 0 Å². The normalized spacial score (nSPS) is 18.8. The van der Waals surface area contributed by atoms with Crippen molar-refractivity contribution in [3.8, 4) is 0 Å². The molecule has 0 aliphatic rings. The molecule has 20 heavy (non-hydrogen) atoms. The van der Waals surface area contributed by atoms with E-state index in [9.17, 15) is 10.2 Å². The summed E-state index contributed by atoms with van der Waals surface area (Å²) < 4.78 is 6.20. The van der Waals surface area contributed by atoms with Crippen LogP contribution in [0.3, 0.4) is 0 Å². The first-order valence-electron chi connectivity index (χ1n) is 7.62. The molecule has 0 aliphatic carbocycles. The Balaban J connectivity index is 4.51. The van der Waals surface area contributed by atoms with E-state index in [1.807, 2.05) is 20.8 Å². The molecule has 0 bridgehead atoms. The van der Waals surface area contributed by atoms with Gasteiger partial charge in [0.25, 0.3) is 0 Å². The zero-order chi connectivity index (χ0) is 16.1. The Morgan fingerprint density at radius 3 is 2.15 bits per heavy atom. The van der Waals surface area contributed by atoms with Gasteiger partial charge in [0.2, 0.25) is 0 Å². The maximum atomic E-state index is 10.1. The predicted octanol–water partition coefficient (Wildman–Crippen LogP) is 3.86. The minimum atomic E-state index is -1.82. The van der Waals surface area contributed by atoms with E-state index in [0.717, 1.165) is 12.0 Å². The van der Waals surface area contributed by atoms with Crippen LogP contribution in [-0.4, -0.2) is 36.8 Å². The van der Waals surface area contributed by atoms with Crippen LogP contribution in [0.25, 0.3) is 0 Å². The lowest BCUT2D eigenvalue weighted by atomic mass is 10.0. The molecule has 0 heterocycles. The topological polar surface area (TPSA) is 49.7 Å².